The Kier molecular flexibility index (Phi) is 3.54. The first-order chi connectivity index (χ1) is 11.1. The maximum absolute atomic E-state index is 12.3. The molecular formula is C16H16N4OS2. The molecule has 3 aromatic rings. The molecule has 1 aliphatic heterocycles. The lowest BCUT2D eigenvalue weighted by atomic mass is 10.2. The number of carbonyl (C=O) groups excluding carboxylic acids is 1. The molecule has 1 amide bonds. The number of nitrogens with one attached hydrogen (secondary N) is 1. The van der Waals surface area contributed by atoms with Crippen molar-refractivity contribution in [1.29, 1.82) is 0 Å². The zero-order valence-electron chi connectivity index (χ0n) is 12.9. The van der Waals surface area contributed by atoms with Crippen LogP contribution in [0.1, 0.15) is 32.4 Å². The minimum absolute atomic E-state index is 0.189. The van der Waals surface area contributed by atoms with E-state index >= 15 is 0 Å². The van der Waals surface area contributed by atoms with Gasteiger partial charge in [-0.05, 0) is 38.8 Å². The molecule has 23 heavy (non-hydrogen) atoms. The van der Waals surface area contributed by atoms with Crippen molar-refractivity contribution in [2.45, 2.75) is 33.2 Å². The summed E-state index contributed by atoms with van der Waals surface area (Å²) in [6.07, 6.45) is 2.11. The average Bonchev–Trinajstić information content (AvgIpc) is 3.22. The molecule has 0 aromatic carbocycles. The van der Waals surface area contributed by atoms with Gasteiger partial charge in [0.1, 0.15) is 0 Å². The van der Waals surface area contributed by atoms with E-state index < -0.39 is 0 Å². The first-order valence-electron chi connectivity index (χ1n) is 7.51. The van der Waals surface area contributed by atoms with Crippen LogP contribution in [-0.2, 0) is 13.0 Å². The SMILES string of the molecule is Cc1cc(-c2csc(NC(=O)c3cc4n(n3)CCC4)n2)c(C)s1. The fourth-order valence-electron chi connectivity index (χ4n) is 2.87. The van der Waals surface area contributed by atoms with Crippen LogP contribution in [0.25, 0.3) is 11.3 Å². The highest BCUT2D eigenvalue weighted by atomic mass is 32.1. The second-order valence-corrected chi connectivity index (χ2v) is 7.99. The predicted molar refractivity (Wildman–Crippen MR) is 93.4 cm³/mol. The van der Waals surface area contributed by atoms with Crippen LogP contribution < -0.4 is 5.32 Å². The molecule has 0 aliphatic carbocycles. The lowest BCUT2D eigenvalue weighted by molar-refractivity contribution is 0.102. The van der Waals surface area contributed by atoms with Crippen molar-refractivity contribution in [2.75, 3.05) is 5.32 Å². The molecular weight excluding hydrogens is 328 g/mol. The van der Waals surface area contributed by atoms with Gasteiger partial charge in [0, 0.05) is 32.9 Å². The van der Waals surface area contributed by atoms with Crippen LogP contribution >= 0.6 is 22.7 Å². The van der Waals surface area contributed by atoms with E-state index in [4.69, 9.17) is 0 Å². The van der Waals surface area contributed by atoms with E-state index in [0.717, 1.165) is 36.3 Å². The number of hydrogen-bond donors (Lipinski definition) is 1. The van der Waals surface area contributed by atoms with Crippen LogP contribution in [0.2, 0.25) is 0 Å². The minimum Gasteiger partial charge on any atom is -0.296 e. The summed E-state index contributed by atoms with van der Waals surface area (Å²) in [6.45, 7) is 5.09. The number of aromatic nitrogens is 3. The van der Waals surface area contributed by atoms with Crippen LogP contribution in [-0.4, -0.2) is 20.7 Å². The number of thiazole rings is 1. The van der Waals surface area contributed by atoms with E-state index in [2.05, 4.69) is 35.3 Å². The monoisotopic (exact) mass is 344 g/mol. The summed E-state index contributed by atoms with van der Waals surface area (Å²) in [4.78, 5) is 19.4. The summed E-state index contributed by atoms with van der Waals surface area (Å²) < 4.78 is 1.92. The Morgan fingerprint density at radius 3 is 2.96 bits per heavy atom. The fourth-order valence-corrected chi connectivity index (χ4v) is 4.51. The Balaban J connectivity index is 1.53. The number of amides is 1. The Hall–Kier alpha value is -1.99. The average molecular weight is 344 g/mol. The van der Waals surface area contributed by atoms with E-state index in [-0.39, 0.29) is 5.91 Å². The maximum Gasteiger partial charge on any atom is 0.277 e. The molecule has 0 spiro atoms. The van der Waals surface area contributed by atoms with Crippen molar-refractivity contribution < 1.29 is 4.79 Å². The van der Waals surface area contributed by atoms with Crippen LogP contribution in [0.15, 0.2) is 17.5 Å². The second-order valence-electron chi connectivity index (χ2n) is 5.67. The van der Waals surface area contributed by atoms with Crippen molar-refractivity contribution in [3.63, 3.8) is 0 Å². The molecule has 4 heterocycles. The Morgan fingerprint density at radius 1 is 1.35 bits per heavy atom. The van der Waals surface area contributed by atoms with E-state index in [1.54, 1.807) is 11.3 Å². The zero-order chi connectivity index (χ0) is 16.0. The van der Waals surface area contributed by atoms with Crippen molar-refractivity contribution in [3.05, 3.63) is 38.7 Å². The summed E-state index contributed by atoms with van der Waals surface area (Å²) in [5.41, 5.74) is 3.67. The lowest BCUT2D eigenvalue weighted by Crippen LogP contribution is -2.13. The molecule has 1 aliphatic rings. The smallest absolute Gasteiger partial charge is 0.277 e. The van der Waals surface area contributed by atoms with Crippen molar-refractivity contribution in [2.24, 2.45) is 0 Å². The molecule has 0 bridgehead atoms. The summed E-state index contributed by atoms with van der Waals surface area (Å²) in [5.74, 6) is -0.189. The highest BCUT2D eigenvalue weighted by Crippen LogP contribution is 2.32. The molecule has 0 saturated heterocycles. The van der Waals surface area contributed by atoms with Crippen molar-refractivity contribution in [1.82, 2.24) is 14.8 Å². The van der Waals surface area contributed by atoms with Crippen LogP contribution in [0, 0.1) is 13.8 Å². The van der Waals surface area contributed by atoms with E-state index in [9.17, 15) is 4.79 Å². The largest absolute Gasteiger partial charge is 0.296 e. The van der Waals surface area contributed by atoms with Gasteiger partial charge in [-0.3, -0.25) is 14.8 Å². The maximum atomic E-state index is 12.3. The lowest BCUT2D eigenvalue weighted by Gasteiger charge is -1.98. The fraction of sp³-hybridized carbons (Fsp3) is 0.312. The highest BCUT2D eigenvalue weighted by Gasteiger charge is 2.19. The van der Waals surface area contributed by atoms with Gasteiger partial charge in [-0.2, -0.15) is 5.10 Å². The van der Waals surface area contributed by atoms with Gasteiger partial charge in [-0.15, -0.1) is 22.7 Å². The number of nitrogens with zero attached hydrogens (tertiary/aromatic N) is 3. The van der Waals surface area contributed by atoms with Crippen LogP contribution in [0.3, 0.4) is 0 Å². The minimum atomic E-state index is -0.189. The molecule has 0 unspecified atom stereocenters. The first-order valence-corrected chi connectivity index (χ1v) is 9.21. The number of anilines is 1. The molecule has 0 radical (unpaired) electrons. The predicted octanol–water partition coefficient (Wildman–Crippen LogP) is 3.88. The van der Waals surface area contributed by atoms with Gasteiger partial charge < -0.3 is 0 Å². The highest BCUT2D eigenvalue weighted by molar-refractivity contribution is 7.14. The second kappa shape index (κ2) is 5.58. The number of fused-ring (bicyclic) bond motifs is 1. The zero-order valence-corrected chi connectivity index (χ0v) is 14.6. The number of thiophene rings is 1. The summed E-state index contributed by atoms with van der Waals surface area (Å²) in [7, 11) is 0. The summed E-state index contributed by atoms with van der Waals surface area (Å²) in [5, 5.41) is 9.81. The van der Waals surface area contributed by atoms with Gasteiger partial charge in [0.15, 0.2) is 10.8 Å². The van der Waals surface area contributed by atoms with Crippen molar-refractivity contribution >= 4 is 33.7 Å². The Morgan fingerprint density at radius 2 is 2.22 bits per heavy atom. The molecule has 3 aromatic heterocycles. The molecule has 5 nitrogen and oxygen atoms in total. The standard InChI is InChI=1S/C16H16N4OS2/c1-9-6-12(10(2)23-9)14-8-22-16(17-14)18-15(21)13-7-11-4-3-5-20(11)19-13/h6-8H,3-5H2,1-2H3,(H,17,18,21). The molecule has 118 valence electrons. The third kappa shape index (κ3) is 2.70. The first kappa shape index (κ1) is 14.6. The van der Waals surface area contributed by atoms with E-state index in [1.807, 2.05) is 16.1 Å². The Bertz CT molecular complexity index is 868. The van der Waals surface area contributed by atoms with E-state index in [0.29, 0.717) is 10.8 Å². The molecule has 7 heteroatoms. The summed E-state index contributed by atoms with van der Waals surface area (Å²) >= 11 is 3.20. The molecule has 4 rings (SSSR count). The number of rotatable bonds is 3. The molecule has 0 atom stereocenters. The third-order valence-electron chi connectivity index (χ3n) is 3.94. The molecule has 0 fully saturated rings. The van der Waals surface area contributed by atoms with Gasteiger partial charge in [0.25, 0.3) is 5.91 Å². The van der Waals surface area contributed by atoms with Gasteiger partial charge in [0.2, 0.25) is 0 Å². The summed E-state index contributed by atoms with van der Waals surface area (Å²) in [6, 6.07) is 4.02. The van der Waals surface area contributed by atoms with Gasteiger partial charge >= 0.3 is 0 Å². The van der Waals surface area contributed by atoms with E-state index in [1.165, 1.54) is 21.1 Å². The molecule has 1 N–H and O–H groups in total. The van der Waals surface area contributed by atoms with Gasteiger partial charge in [-0.25, -0.2) is 4.98 Å². The third-order valence-corrected chi connectivity index (χ3v) is 5.66. The topological polar surface area (TPSA) is 59.8 Å². The number of hydrogen-bond acceptors (Lipinski definition) is 5. The van der Waals surface area contributed by atoms with Crippen LogP contribution in [0.5, 0.6) is 0 Å². The Labute approximate surface area is 142 Å². The molecule has 0 saturated carbocycles. The van der Waals surface area contributed by atoms with Crippen LogP contribution in [0.4, 0.5) is 5.13 Å². The quantitative estimate of drug-likeness (QED) is 0.784. The van der Waals surface area contributed by atoms with Gasteiger partial charge in [-0.1, -0.05) is 0 Å². The number of carbonyl (C=O) groups is 1. The number of aryl methyl sites for hydroxylation is 4. The van der Waals surface area contributed by atoms with Gasteiger partial charge in [0.05, 0.1) is 5.69 Å². The van der Waals surface area contributed by atoms with Crippen molar-refractivity contribution in [3.8, 4) is 11.3 Å². The normalized spacial score (nSPS) is 13.3.